The molecule has 3 heteroatoms. The van der Waals surface area contributed by atoms with E-state index in [4.69, 9.17) is 4.65 Å². The molecule has 0 unspecified atom stereocenters. The van der Waals surface area contributed by atoms with Crippen molar-refractivity contribution in [2.24, 2.45) is 0 Å². The highest BCUT2D eigenvalue weighted by molar-refractivity contribution is 6.47. The zero-order valence-electron chi connectivity index (χ0n) is 40.0. The molecular weight excluding hydrogens is 751 g/mol. The molecule has 0 saturated heterocycles. The first-order valence-corrected chi connectivity index (χ1v) is 24.5. The Bertz CT molecular complexity index is 2190. The highest BCUT2D eigenvalue weighted by Gasteiger charge is 2.50. The molecule has 0 amide bonds. The van der Waals surface area contributed by atoms with E-state index in [1.165, 1.54) is 149 Å². The van der Waals surface area contributed by atoms with E-state index in [1.54, 1.807) is 0 Å². The number of aliphatic hydroxyl groups is 1. The molecule has 327 valence electrons. The summed E-state index contributed by atoms with van der Waals surface area (Å²) in [6.45, 7) is 21.1. The van der Waals surface area contributed by atoms with Crippen molar-refractivity contribution in [3.05, 3.63) is 147 Å². The maximum absolute atomic E-state index is 9.58. The molecule has 0 bridgehead atoms. The fraction of sp³-hybridized carbons (Fsp3) is 0.492. The lowest BCUT2D eigenvalue weighted by molar-refractivity contribution is 0.209. The monoisotopic (exact) mass is 828 g/mol. The topological polar surface area (TPSA) is 29.5 Å². The van der Waals surface area contributed by atoms with Crippen molar-refractivity contribution in [2.45, 2.75) is 174 Å². The Morgan fingerprint density at radius 1 is 0.500 bits per heavy atom. The van der Waals surface area contributed by atoms with Crippen molar-refractivity contribution >= 4 is 12.9 Å². The first-order valence-electron chi connectivity index (χ1n) is 24.5. The minimum absolute atomic E-state index is 0.0129. The van der Waals surface area contributed by atoms with Crippen LogP contribution in [0.25, 0.3) is 22.3 Å². The van der Waals surface area contributed by atoms with Crippen LogP contribution in [0.2, 0.25) is 0 Å². The van der Waals surface area contributed by atoms with Crippen LogP contribution >= 0.6 is 0 Å². The summed E-state index contributed by atoms with van der Waals surface area (Å²) in [5.74, 6) is 0. The van der Waals surface area contributed by atoms with Crippen LogP contribution in [0, 0.1) is 6.92 Å². The molecule has 0 aromatic heterocycles. The van der Waals surface area contributed by atoms with Crippen LogP contribution in [0.4, 0.5) is 0 Å². The van der Waals surface area contributed by atoms with Gasteiger partial charge in [0.25, 0.3) is 0 Å². The van der Waals surface area contributed by atoms with Gasteiger partial charge in [0.1, 0.15) is 0 Å². The maximum Gasteiger partial charge on any atom is 0.330 e. The van der Waals surface area contributed by atoms with Crippen LogP contribution in [0.15, 0.2) is 97.1 Å². The van der Waals surface area contributed by atoms with Gasteiger partial charge in [-0.25, -0.2) is 0 Å². The molecule has 1 N–H and O–H groups in total. The predicted molar refractivity (Wildman–Crippen MR) is 267 cm³/mol. The molecule has 5 aromatic rings. The van der Waals surface area contributed by atoms with Crippen LogP contribution in [0.1, 0.15) is 195 Å². The van der Waals surface area contributed by atoms with Gasteiger partial charge in [0, 0.05) is 5.41 Å². The minimum atomic E-state index is -0.492. The molecule has 0 spiro atoms. The van der Waals surface area contributed by atoms with Gasteiger partial charge < -0.3 is 9.76 Å². The number of aliphatic hydroxyl groups excluding tert-OH is 1. The van der Waals surface area contributed by atoms with Crippen molar-refractivity contribution in [2.75, 3.05) is 13.2 Å². The highest BCUT2D eigenvalue weighted by atomic mass is 16.4. The molecule has 0 aliphatic heterocycles. The van der Waals surface area contributed by atoms with Gasteiger partial charge in [-0.1, -0.05) is 228 Å². The molecule has 2 nitrogen and oxygen atoms in total. The smallest absolute Gasteiger partial charge is 0.330 e. The van der Waals surface area contributed by atoms with E-state index in [0.29, 0.717) is 6.61 Å². The fourth-order valence-corrected chi connectivity index (χ4v) is 11.0. The number of hydrogen-bond acceptors (Lipinski definition) is 2. The largest absolute Gasteiger partial charge is 0.432 e. The quantitative estimate of drug-likeness (QED) is 0.0614. The first kappa shape index (κ1) is 46.1. The van der Waals surface area contributed by atoms with Gasteiger partial charge in [-0.15, -0.1) is 0 Å². The molecular formula is C59H76BO2. The van der Waals surface area contributed by atoms with Crippen molar-refractivity contribution in [1.82, 2.24) is 0 Å². The Labute approximate surface area is 377 Å². The molecule has 2 aliphatic carbocycles. The highest BCUT2D eigenvalue weighted by Crippen LogP contribution is 2.62. The van der Waals surface area contributed by atoms with E-state index in [0.717, 1.165) is 18.3 Å². The Balaban J connectivity index is 1.48. The summed E-state index contributed by atoms with van der Waals surface area (Å²) in [5.41, 5.74) is 18.6. The second-order valence-electron chi connectivity index (χ2n) is 21.0. The molecule has 1 radical (unpaired) electrons. The van der Waals surface area contributed by atoms with Crippen LogP contribution in [0.5, 0.6) is 0 Å². The number of fused-ring (bicyclic) bond motifs is 6. The van der Waals surface area contributed by atoms with E-state index in [9.17, 15) is 5.11 Å². The summed E-state index contributed by atoms with van der Waals surface area (Å²) in [4.78, 5) is 0. The zero-order valence-corrected chi connectivity index (χ0v) is 40.0. The molecule has 5 aromatic carbocycles. The van der Waals surface area contributed by atoms with E-state index in [-0.39, 0.29) is 22.9 Å². The SMILES string of the molecule is CCCCCCCCC1(CCCCCCCC)c2cc([B]OCCO)ccc2-c2cc3c(cc21)-c1ccc(C)cc1C3(c1ccc(C(C)(C)C)cc1)c1ccc(C(C)(C)C)cc1. The summed E-state index contributed by atoms with van der Waals surface area (Å²) in [7, 11) is 1.87. The van der Waals surface area contributed by atoms with E-state index in [1.807, 2.05) is 7.48 Å². The molecule has 0 saturated carbocycles. The second kappa shape index (κ2) is 19.4. The van der Waals surface area contributed by atoms with Crippen LogP contribution in [0.3, 0.4) is 0 Å². The number of hydrogen-bond donors (Lipinski definition) is 1. The van der Waals surface area contributed by atoms with Gasteiger partial charge >= 0.3 is 7.48 Å². The third-order valence-corrected chi connectivity index (χ3v) is 14.5. The Morgan fingerprint density at radius 3 is 1.48 bits per heavy atom. The fourth-order valence-electron chi connectivity index (χ4n) is 11.0. The lowest BCUT2D eigenvalue weighted by Gasteiger charge is -2.36. The zero-order chi connectivity index (χ0) is 44.1. The minimum Gasteiger partial charge on any atom is -0.432 e. The second-order valence-corrected chi connectivity index (χ2v) is 21.0. The van der Waals surface area contributed by atoms with Crippen molar-refractivity contribution in [1.29, 1.82) is 0 Å². The molecule has 2 aliphatic rings. The van der Waals surface area contributed by atoms with Crippen molar-refractivity contribution < 1.29 is 9.76 Å². The molecule has 7 rings (SSSR count). The maximum atomic E-state index is 9.58. The Kier molecular flexibility index (Phi) is 14.5. The van der Waals surface area contributed by atoms with Crippen molar-refractivity contribution in [3.63, 3.8) is 0 Å². The third-order valence-electron chi connectivity index (χ3n) is 14.5. The summed E-state index contributed by atoms with van der Waals surface area (Å²) in [6, 6.07) is 39.0. The predicted octanol–water partition coefficient (Wildman–Crippen LogP) is 15.0. The standard InChI is InChI=1S/C59H76BO2/c1-10-12-14-16-18-20-34-58(35-21-19-17-15-13-11-2)52-39-47(60-62-37-36-61)31-33-48(52)50-41-55-51(40-53(50)58)49-32-22-42(3)38-54(49)59(55,45-27-23-43(24-28-45)56(4,5)6)46-29-25-44(26-30-46)57(7,8)9/h22-33,38-41,61H,10-21,34-37H2,1-9H3. The average molecular weight is 828 g/mol. The van der Waals surface area contributed by atoms with Gasteiger partial charge in [0.2, 0.25) is 0 Å². The van der Waals surface area contributed by atoms with Gasteiger partial charge in [0.15, 0.2) is 0 Å². The summed E-state index contributed by atoms with van der Waals surface area (Å²) in [6.07, 6.45) is 17.8. The van der Waals surface area contributed by atoms with Gasteiger partial charge in [-0.2, -0.15) is 0 Å². The summed E-state index contributed by atoms with van der Waals surface area (Å²) < 4.78 is 5.87. The lowest BCUT2D eigenvalue weighted by atomic mass is 9.66. The summed E-state index contributed by atoms with van der Waals surface area (Å²) >= 11 is 0. The van der Waals surface area contributed by atoms with Crippen LogP contribution < -0.4 is 5.46 Å². The lowest BCUT2D eigenvalue weighted by Crippen LogP contribution is -2.30. The van der Waals surface area contributed by atoms with Crippen LogP contribution in [-0.2, 0) is 26.3 Å². The van der Waals surface area contributed by atoms with Crippen LogP contribution in [-0.4, -0.2) is 25.8 Å². The molecule has 62 heavy (non-hydrogen) atoms. The van der Waals surface area contributed by atoms with Crippen molar-refractivity contribution in [3.8, 4) is 22.3 Å². The van der Waals surface area contributed by atoms with E-state index in [2.05, 4.69) is 159 Å². The number of aryl methyl sites for hydroxylation is 1. The first-order chi connectivity index (χ1) is 29.8. The number of benzene rings is 5. The molecule has 0 fully saturated rings. The normalized spacial score (nSPS) is 14.7. The summed E-state index contributed by atoms with van der Waals surface area (Å²) in [5, 5.41) is 9.58. The Hall–Kier alpha value is -3.92. The molecule has 0 atom stereocenters. The van der Waals surface area contributed by atoms with Gasteiger partial charge in [-0.3, -0.25) is 0 Å². The Morgan fingerprint density at radius 2 is 0.952 bits per heavy atom. The average Bonchev–Trinajstić information content (AvgIpc) is 3.68. The van der Waals surface area contributed by atoms with Gasteiger partial charge in [-0.05, 0) is 109 Å². The van der Waals surface area contributed by atoms with E-state index >= 15 is 0 Å². The number of unbranched alkanes of at least 4 members (excludes halogenated alkanes) is 10. The number of rotatable bonds is 20. The van der Waals surface area contributed by atoms with Gasteiger partial charge in [0.05, 0.1) is 18.6 Å². The third kappa shape index (κ3) is 9.06. The molecule has 0 heterocycles. The van der Waals surface area contributed by atoms with E-state index < -0.39 is 5.41 Å².